The molecule has 0 aliphatic carbocycles. The van der Waals surface area contributed by atoms with Crippen LogP contribution in [0.1, 0.15) is 51.9 Å². The van der Waals surface area contributed by atoms with E-state index in [1.165, 1.54) is 67.0 Å². The third-order valence-electron chi connectivity index (χ3n) is 5.83. The summed E-state index contributed by atoms with van der Waals surface area (Å²) < 4.78 is 0. The second-order valence-electron chi connectivity index (χ2n) is 8.00. The van der Waals surface area contributed by atoms with Gasteiger partial charge < -0.3 is 0 Å². The summed E-state index contributed by atoms with van der Waals surface area (Å²) in [6, 6.07) is 33.8. The van der Waals surface area contributed by atoms with Gasteiger partial charge in [-0.3, -0.25) is 0 Å². The van der Waals surface area contributed by atoms with Gasteiger partial charge in [0, 0.05) is 0 Å². The Morgan fingerprint density at radius 3 is 1.43 bits per heavy atom. The summed E-state index contributed by atoms with van der Waals surface area (Å²) in [5, 5.41) is 4.51. The maximum Gasteiger partial charge on any atom is 0.112 e. The van der Waals surface area contributed by atoms with Crippen molar-refractivity contribution in [3.8, 4) is 0 Å². The lowest BCUT2D eigenvalue weighted by molar-refractivity contribution is 0.676. The second kappa shape index (κ2) is 12.5. The Morgan fingerprint density at radius 2 is 0.967 bits per heavy atom. The van der Waals surface area contributed by atoms with Crippen LogP contribution in [0.4, 0.5) is 0 Å². The fraction of sp³-hybridized carbons (Fsp3) is 0.310. The van der Waals surface area contributed by atoms with Gasteiger partial charge in [0.25, 0.3) is 0 Å². The Bertz CT molecular complexity index is 756. The van der Waals surface area contributed by atoms with Crippen molar-refractivity contribution < 1.29 is 0 Å². The zero-order chi connectivity index (χ0) is 20.9. The van der Waals surface area contributed by atoms with Crippen molar-refractivity contribution in [3.05, 3.63) is 103 Å². The van der Waals surface area contributed by atoms with E-state index in [-0.39, 0.29) is 0 Å². The topological polar surface area (TPSA) is 0 Å². The largest absolute Gasteiger partial charge is 0.112 e. The van der Waals surface area contributed by atoms with Gasteiger partial charge in [0.2, 0.25) is 0 Å². The lowest BCUT2D eigenvalue weighted by Gasteiger charge is -2.27. The normalized spacial score (nSPS) is 11.8. The highest BCUT2D eigenvalue weighted by Gasteiger charge is 2.44. The number of allylic oxidation sites excluding steroid dienone is 2. The van der Waals surface area contributed by atoms with E-state index in [0.717, 1.165) is 0 Å². The van der Waals surface area contributed by atoms with Gasteiger partial charge in [0.1, 0.15) is 23.2 Å². The lowest BCUT2D eigenvalue weighted by Crippen LogP contribution is -2.33. The molecule has 0 bridgehead atoms. The third kappa shape index (κ3) is 5.93. The average molecular weight is 416 g/mol. The highest BCUT2D eigenvalue weighted by Crippen LogP contribution is 2.55. The average Bonchev–Trinajstić information content (AvgIpc) is 2.82. The van der Waals surface area contributed by atoms with Crippen molar-refractivity contribution in [1.82, 2.24) is 0 Å². The van der Waals surface area contributed by atoms with Crippen LogP contribution in [0.5, 0.6) is 0 Å². The van der Waals surface area contributed by atoms with Crippen molar-refractivity contribution in [2.24, 2.45) is 0 Å². The highest BCUT2D eigenvalue weighted by atomic mass is 31.2. The van der Waals surface area contributed by atoms with Gasteiger partial charge in [-0.1, -0.05) is 86.5 Å². The first-order chi connectivity index (χ1) is 14.9. The molecule has 0 N–H and O–H groups in total. The van der Waals surface area contributed by atoms with Gasteiger partial charge in [-0.25, -0.2) is 0 Å². The SMILES string of the molecule is CCCC=CCCCCCC[P+](c1ccccc1)(c1ccccc1)c1ccccc1. The van der Waals surface area contributed by atoms with Gasteiger partial charge in [-0.2, -0.15) is 0 Å². The van der Waals surface area contributed by atoms with Crippen molar-refractivity contribution in [1.29, 1.82) is 0 Å². The van der Waals surface area contributed by atoms with Gasteiger partial charge >= 0.3 is 0 Å². The smallest absolute Gasteiger partial charge is 0.0885 e. The Kier molecular flexibility index (Phi) is 9.39. The molecule has 0 nitrogen and oxygen atoms in total. The molecule has 1 heteroatoms. The van der Waals surface area contributed by atoms with E-state index in [0.29, 0.717) is 0 Å². The first-order valence-electron chi connectivity index (χ1n) is 11.6. The first kappa shape index (κ1) is 22.5. The molecule has 156 valence electrons. The number of hydrogen-bond acceptors (Lipinski definition) is 0. The van der Waals surface area contributed by atoms with E-state index < -0.39 is 7.26 Å². The molecular weight excluding hydrogens is 379 g/mol. The highest BCUT2D eigenvalue weighted by molar-refractivity contribution is 7.95. The van der Waals surface area contributed by atoms with Crippen LogP contribution in [0.25, 0.3) is 0 Å². The molecule has 0 atom stereocenters. The number of benzene rings is 3. The van der Waals surface area contributed by atoms with Crippen LogP contribution in [0.2, 0.25) is 0 Å². The Balaban J connectivity index is 1.80. The molecule has 0 saturated heterocycles. The first-order valence-corrected chi connectivity index (χ1v) is 13.6. The van der Waals surface area contributed by atoms with E-state index >= 15 is 0 Å². The zero-order valence-corrected chi connectivity index (χ0v) is 19.3. The molecule has 0 amide bonds. The molecule has 3 rings (SSSR count). The zero-order valence-electron chi connectivity index (χ0n) is 18.4. The number of unbranched alkanes of at least 4 members (excludes halogenated alkanes) is 5. The lowest BCUT2D eigenvalue weighted by atomic mass is 10.1. The molecule has 0 spiro atoms. The van der Waals surface area contributed by atoms with Gasteiger partial charge in [0.05, 0.1) is 6.16 Å². The van der Waals surface area contributed by atoms with Crippen LogP contribution < -0.4 is 15.9 Å². The fourth-order valence-electron chi connectivity index (χ4n) is 4.25. The Labute approximate surface area is 184 Å². The van der Waals surface area contributed by atoms with Crippen LogP contribution in [0, 0.1) is 0 Å². The summed E-state index contributed by atoms with van der Waals surface area (Å²) in [5.74, 6) is 0. The molecule has 0 aliphatic rings. The molecule has 0 heterocycles. The summed E-state index contributed by atoms with van der Waals surface area (Å²) in [5.41, 5.74) is 0. The minimum atomic E-state index is -1.64. The van der Waals surface area contributed by atoms with Crippen LogP contribution in [0.3, 0.4) is 0 Å². The van der Waals surface area contributed by atoms with Crippen LogP contribution in [-0.4, -0.2) is 6.16 Å². The molecule has 3 aromatic carbocycles. The summed E-state index contributed by atoms with van der Waals surface area (Å²) in [6.45, 7) is 2.24. The van der Waals surface area contributed by atoms with Gasteiger partial charge in [-0.05, 0) is 68.5 Å². The molecule has 0 saturated carbocycles. The van der Waals surface area contributed by atoms with E-state index in [9.17, 15) is 0 Å². The minimum Gasteiger partial charge on any atom is -0.0885 e. The number of hydrogen-bond donors (Lipinski definition) is 0. The third-order valence-corrected chi connectivity index (χ3v) is 10.4. The predicted molar refractivity (Wildman–Crippen MR) is 137 cm³/mol. The van der Waals surface area contributed by atoms with Crippen molar-refractivity contribution in [2.75, 3.05) is 6.16 Å². The standard InChI is InChI=1S/C29H36P/c1-2-3-4-5-6-7-8-9-19-26-30(27-20-13-10-14-21-27,28-22-15-11-16-23-28)29-24-17-12-18-25-29/h4-5,10-18,20-25H,2-3,6-9,19,26H2,1H3/q+1. The maximum absolute atomic E-state index is 2.37. The summed E-state index contributed by atoms with van der Waals surface area (Å²) >= 11 is 0. The second-order valence-corrected chi connectivity index (χ2v) is 11.6. The van der Waals surface area contributed by atoms with E-state index in [1.54, 1.807) is 0 Å². The molecule has 3 aromatic rings. The minimum absolute atomic E-state index is 1.22. The molecule has 0 aromatic heterocycles. The molecular formula is C29H36P+. The van der Waals surface area contributed by atoms with Crippen molar-refractivity contribution >= 4 is 23.2 Å². The summed E-state index contributed by atoms with van der Waals surface area (Å²) in [4.78, 5) is 0. The van der Waals surface area contributed by atoms with Crippen LogP contribution >= 0.6 is 7.26 Å². The van der Waals surface area contributed by atoms with Gasteiger partial charge in [-0.15, -0.1) is 0 Å². The van der Waals surface area contributed by atoms with E-state index in [2.05, 4.69) is 110 Å². The predicted octanol–water partition coefficient (Wildman–Crippen LogP) is 7.29. The quantitative estimate of drug-likeness (QED) is 0.165. The molecule has 0 aliphatic heterocycles. The summed E-state index contributed by atoms with van der Waals surface area (Å²) in [7, 11) is -1.64. The summed E-state index contributed by atoms with van der Waals surface area (Å²) in [6.07, 6.45) is 14.9. The Morgan fingerprint density at radius 1 is 0.533 bits per heavy atom. The van der Waals surface area contributed by atoms with Gasteiger partial charge in [0.15, 0.2) is 0 Å². The maximum atomic E-state index is 2.37. The monoisotopic (exact) mass is 415 g/mol. The van der Waals surface area contributed by atoms with E-state index in [4.69, 9.17) is 0 Å². The molecule has 30 heavy (non-hydrogen) atoms. The fourth-order valence-corrected chi connectivity index (χ4v) is 8.66. The molecule has 0 unspecified atom stereocenters. The van der Waals surface area contributed by atoms with Crippen LogP contribution in [-0.2, 0) is 0 Å². The number of rotatable bonds is 12. The van der Waals surface area contributed by atoms with E-state index in [1.807, 2.05) is 0 Å². The van der Waals surface area contributed by atoms with Crippen LogP contribution in [0.15, 0.2) is 103 Å². The molecule has 0 radical (unpaired) electrons. The van der Waals surface area contributed by atoms with Crippen molar-refractivity contribution in [3.63, 3.8) is 0 Å². The Hall–Kier alpha value is -2.17. The molecule has 0 fully saturated rings. The van der Waals surface area contributed by atoms with Crippen molar-refractivity contribution in [2.45, 2.75) is 51.9 Å².